The van der Waals surface area contributed by atoms with Crippen LogP contribution in [-0.2, 0) is 23.1 Å². The number of aryl methyl sites for hydroxylation is 1. The average molecular weight is 391 g/mol. The van der Waals surface area contributed by atoms with E-state index in [-0.39, 0.29) is 11.5 Å². The van der Waals surface area contributed by atoms with Crippen molar-refractivity contribution in [1.82, 2.24) is 14.5 Å². The van der Waals surface area contributed by atoms with E-state index in [0.717, 1.165) is 35.1 Å². The lowest BCUT2D eigenvalue weighted by molar-refractivity contribution is -0.129. The number of amides is 1. The lowest BCUT2D eigenvalue weighted by Crippen LogP contribution is -2.66. The molecule has 29 heavy (non-hydrogen) atoms. The van der Waals surface area contributed by atoms with Gasteiger partial charge in [-0.1, -0.05) is 0 Å². The predicted octanol–water partition coefficient (Wildman–Crippen LogP) is 3.02. The molecule has 2 fully saturated rings. The van der Waals surface area contributed by atoms with Crippen LogP contribution >= 0.6 is 0 Å². The van der Waals surface area contributed by atoms with Gasteiger partial charge in [-0.3, -0.25) is 9.78 Å². The van der Waals surface area contributed by atoms with Crippen LogP contribution in [0.3, 0.4) is 0 Å². The zero-order chi connectivity index (χ0) is 19.8. The van der Waals surface area contributed by atoms with Gasteiger partial charge in [-0.15, -0.1) is 0 Å². The minimum absolute atomic E-state index is 0.0772. The maximum atomic E-state index is 12.9. The van der Waals surface area contributed by atoms with Crippen molar-refractivity contribution in [3.63, 3.8) is 0 Å². The SMILES string of the molecule is Cn1ccc2cc(C(=O)N3CC4(C3)OCC[C@@H]4COCc3ccncc3)ccc21. The number of rotatable bonds is 5. The molecule has 3 aromatic rings. The highest BCUT2D eigenvalue weighted by atomic mass is 16.5. The van der Waals surface area contributed by atoms with Crippen LogP contribution in [0.25, 0.3) is 10.9 Å². The number of fused-ring (bicyclic) bond motifs is 1. The van der Waals surface area contributed by atoms with Crippen LogP contribution in [0.5, 0.6) is 0 Å². The minimum atomic E-state index is -0.245. The summed E-state index contributed by atoms with van der Waals surface area (Å²) in [5, 5.41) is 1.09. The normalized spacial score (nSPS) is 20.3. The summed E-state index contributed by atoms with van der Waals surface area (Å²) in [7, 11) is 2.01. The Morgan fingerprint density at radius 1 is 1.24 bits per heavy atom. The molecule has 1 spiro atoms. The summed E-state index contributed by atoms with van der Waals surface area (Å²) in [5.41, 5.74) is 2.74. The molecular formula is C23H25N3O3. The molecule has 2 saturated heterocycles. The second kappa shape index (κ2) is 7.28. The first-order chi connectivity index (χ1) is 14.1. The van der Waals surface area contributed by atoms with E-state index in [0.29, 0.717) is 32.2 Å². The Kier molecular flexibility index (Phi) is 4.60. The van der Waals surface area contributed by atoms with Gasteiger partial charge in [-0.25, -0.2) is 0 Å². The summed E-state index contributed by atoms with van der Waals surface area (Å²) in [6.45, 7) is 3.25. The third-order valence-electron chi connectivity index (χ3n) is 6.27. The number of nitrogens with zero attached hydrogens (tertiary/aromatic N) is 3. The Bertz CT molecular complexity index is 1020. The van der Waals surface area contributed by atoms with Crippen molar-refractivity contribution in [2.75, 3.05) is 26.3 Å². The lowest BCUT2D eigenvalue weighted by Gasteiger charge is -2.50. The molecule has 2 aromatic heterocycles. The van der Waals surface area contributed by atoms with Crippen LogP contribution in [-0.4, -0.2) is 52.3 Å². The van der Waals surface area contributed by atoms with Crippen LogP contribution in [0.4, 0.5) is 0 Å². The maximum Gasteiger partial charge on any atom is 0.254 e. The highest BCUT2D eigenvalue weighted by Gasteiger charge is 2.54. The highest BCUT2D eigenvalue weighted by molar-refractivity contribution is 5.98. The van der Waals surface area contributed by atoms with E-state index in [9.17, 15) is 4.79 Å². The van der Waals surface area contributed by atoms with Gasteiger partial charge in [0.25, 0.3) is 5.91 Å². The Morgan fingerprint density at radius 3 is 2.90 bits per heavy atom. The molecule has 0 saturated carbocycles. The Hall–Kier alpha value is -2.70. The number of hydrogen-bond donors (Lipinski definition) is 0. The molecule has 4 heterocycles. The summed E-state index contributed by atoms with van der Waals surface area (Å²) in [6, 6.07) is 11.9. The van der Waals surface area contributed by atoms with Gasteiger partial charge in [0.05, 0.1) is 26.3 Å². The second-order valence-corrected chi connectivity index (χ2v) is 8.13. The van der Waals surface area contributed by atoms with Gasteiger partial charge >= 0.3 is 0 Å². The number of likely N-dealkylation sites (tertiary alicyclic amines) is 1. The van der Waals surface area contributed by atoms with Crippen LogP contribution in [0.1, 0.15) is 22.3 Å². The topological polar surface area (TPSA) is 56.6 Å². The van der Waals surface area contributed by atoms with Crippen molar-refractivity contribution in [2.45, 2.75) is 18.6 Å². The number of benzene rings is 1. The fourth-order valence-corrected chi connectivity index (χ4v) is 4.51. The van der Waals surface area contributed by atoms with E-state index in [1.807, 2.05) is 54.5 Å². The van der Waals surface area contributed by atoms with Crippen molar-refractivity contribution in [1.29, 1.82) is 0 Å². The summed E-state index contributed by atoms with van der Waals surface area (Å²) < 4.78 is 14.1. The van der Waals surface area contributed by atoms with Crippen LogP contribution < -0.4 is 0 Å². The molecule has 0 radical (unpaired) electrons. The Morgan fingerprint density at radius 2 is 2.07 bits per heavy atom. The first-order valence-corrected chi connectivity index (χ1v) is 10.1. The number of pyridine rings is 1. The van der Waals surface area contributed by atoms with Crippen molar-refractivity contribution in [3.05, 3.63) is 66.1 Å². The molecule has 5 rings (SSSR count). The standard InChI is InChI=1S/C23H25N3O3/c1-25-10-6-18-12-19(2-3-21(18)25)22(27)26-15-23(16-26)20(7-11-29-23)14-28-13-17-4-8-24-9-5-17/h2-6,8-10,12,20H,7,11,13-16H2,1H3/t20-/m1/s1. The van der Waals surface area contributed by atoms with Crippen molar-refractivity contribution >= 4 is 16.8 Å². The van der Waals surface area contributed by atoms with E-state index in [1.165, 1.54) is 0 Å². The third-order valence-corrected chi connectivity index (χ3v) is 6.27. The zero-order valence-corrected chi connectivity index (χ0v) is 16.6. The van der Waals surface area contributed by atoms with Crippen LogP contribution in [0, 0.1) is 5.92 Å². The van der Waals surface area contributed by atoms with Gasteiger partial charge in [-0.05, 0) is 48.4 Å². The zero-order valence-electron chi connectivity index (χ0n) is 16.6. The van der Waals surface area contributed by atoms with Gasteiger partial charge in [0.1, 0.15) is 5.60 Å². The number of ether oxygens (including phenoxy) is 2. The quantitative estimate of drug-likeness (QED) is 0.671. The van der Waals surface area contributed by atoms with Crippen molar-refractivity contribution in [3.8, 4) is 0 Å². The summed E-state index contributed by atoms with van der Waals surface area (Å²) in [5.74, 6) is 0.401. The van der Waals surface area contributed by atoms with Gasteiger partial charge < -0.3 is 18.9 Å². The molecule has 2 aliphatic rings. The number of carbonyl (C=O) groups is 1. The molecular weight excluding hydrogens is 366 g/mol. The largest absolute Gasteiger partial charge is 0.376 e. The summed E-state index contributed by atoms with van der Waals surface area (Å²) in [4.78, 5) is 18.9. The number of hydrogen-bond acceptors (Lipinski definition) is 4. The van der Waals surface area contributed by atoms with Crippen molar-refractivity contribution in [2.24, 2.45) is 13.0 Å². The molecule has 1 aromatic carbocycles. The first kappa shape index (κ1) is 18.3. The smallest absolute Gasteiger partial charge is 0.254 e. The summed E-state index contributed by atoms with van der Waals surface area (Å²) >= 11 is 0. The minimum Gasteiger partial charge on any atom is -0.376 e. The highest BCUT2D eigenvalue weighted by Crippen LogP contribution is 2.40. The molecule has 1 amide bonds. The monoisotopic (exact) mass is 391 g/mol. The number of aromatic nitrogens is 2. The Balaban J connectivity index is 1.20. The first-order valence-electron chi connectivity index (χ1n) is 10.1. The van der Waals surface area contributed by atoms with Crippen molar-refractivity contribution < 1.29 is 14.3 Å². The van der Waals surface area contributed by atoms with Gasteiger partial charge in [0.15, 0.2) is 0 Å². The molecule has 0 aliphatic carbocycles. The van der Waals surface area contributed by atoms with E-state index in [2.05, 4.69) is 9.55 Å². The van der Waals surface area contributed by atoms with E-state index in [4.69, 9.17) is 9.47 Å². The number of carbonyl (C=O) groups excluding carboxylic acids is 1. The molecule has 2 aliphatic heterocycles. The van der Waals surface area contributed by atoms with E-state index < -0.39 is 0 Å². The fourth-order valence-electron chi connectivity index (χ4n) is 4.51. The second-order valence-electron chi connectivity index (χ2n) is 8.13. The maximum absolute atomic E-state index is 12.9. The van der Waals surface area contributed by atoms with Gasteiger partial charge in [0, 0.05) is 54.6 Å². The van der Waals surface area contributed by atoms with E-state index >= 15 is 0 Å². The fraction of sp³-hybridized carbons (Fsp3) is 0.391. The molecule has 6 nitrogen and oxygen atoms in total. The van der Waals surface area contributed by atoms with Crippen LogP contribution in [0.15, 0.2) is 55.0 Å². The Labute approximate surface area is 170 Å². The summed E-state index contributed by atoms with van der Waals surface area (Å²) in [6.07, 6.45) is 6.55. The molecule has 6 heteroatoms. The lowest BCUT2D eigenvalue weighted by atomic mass is 9.81. The molecule has 0 bridgehead atoms. The third kappa shape index (κ3) is 3.32. The molecule has 1 atom stereocenters. The van der Waals surface area contributed by atoms with Gasteiger partial charge in [0.2, 0.25) is 0 Å². The predicted molar refractivity (Wildman–Crippen MR) is 110 cm³/mol. The van der Waals surface area contributed by atoms with E-state index in [1.54, 1.807) is 12.4 Å². The molecule has 0 N–H and O–H groups in total. The van der Waals surface area contributed by atoms with Gasteiger partial charge in [-0.2, -0.15) is 0 Å². The molecule has 0 unspecified atom stereocenters. The van der Waals surface area contributed by atoms with Crippen LogP contribution in [0.2, 0.25) is 0 Å². The molecule has 150 valence electrons. The average Bonchev–Trinajstić information content (AvgIpc) is 3.31.